The number of fused-ring (bicyclic) bond motifs is 1. The van der Waals surface area contributed by atoms with Crippen LogP contribution < -0.4 is 19.8 Å². The average molecular weight is 384 g/mol. The van der Waals surface area contributed by atoms with Crippen LogP contribution in [0.25, 0.3) is 11.0 Å². The summed E-state index contributed by atoms with van der Waals surface area (Å²) in [5, 5.41) is 39.7. The molecule has 10 heteroatoms. The van der Waals surface area contributed by atoms with Gasteiger partial charge in [0.05, 0.1) is 26.2 Å². The van der Waals surface area contributed by atoms with Gasteiger partial charge in [-0.2, -0.15) is 0 Å². The third-order valence-corrected chi connectivity index (χ3v) is 4.31. The fourth-order valence-corrected chi connectivity index (χ4v) is 2.89. The molecule has 10 nitrogen and oxygen atoms in total. The lowest BCUT2D eigenvalue weighted by molar-refractivity contribution is -0.277. The van der Waals surface area contributed by atoms with E-state index in [1.807, 2.05) is 0 Å². The van der Waals surface area contributed by atoms with E-state index in [-0.39, 0.29) is 22.8 Å². The number of aliphatic hydroxyl groups excluding tert-OH is 4. The van der Waals surface area contributed by atoms with Gasteiger partial charge in [0.1, 0.15) is 30.0 Å². The SMILES string of the molecule is COc1cc2oc(=O)ccc2c(O[C@@H]2O[C@H](CO)[C@H](O)[C@@H](O)[C@H]2O)c1OC. The van der Waals surface area contributed by atoms with Crippen LogP contribution in [0.2, 0.25) is 0 Å². The van der Waals surface area contributed by atoms with Crippen molar-refractivity contribution in [2.75, 3.05) is 20.8 Å². The molecule has 0 spiro atoms. The Kier molecular flexibility index (Phi) is 5.53. The Morgan fingerprint density at radius 3 is 2.41 bits per heavy atom. The molecule has 2 heterocycles. The molecule has 3 rings (SSSR count). The van der Waals surface area contributed by atoms with Crippen molar-refractivity contribution >= 4 is 11.0 Å². The summed E-state index contributed by atoms with van der Waals surface area (Å²) in [6, 6.07) is 4.05. The molecule has 148 valence electrons. The van der Waals surface area contributed by atoms with Crippen molar-refractivity contribution in [1.82, 2.24) is 0 Å². The van der Waals surface area contributed by atoms with E-state index >= 15 is 0 Å². The first-order valence-electron chi connectivity index (χ1n) is 8.07. The van der Waals surface area contributed by atoms with Gasteiger partial charge in [0.25, 0.3) is 0 Å². The summed E-state index contributed by atoms with van der Waals surface area (Å²) in [4.78, 5) is 11.5. The van der Waals surface area contributed by atoms with Crippen LogP contribution in [0.5, 0.6) is 17.2 Å². The summed E-state index contributed by atoms with van der Waals surface area (Å²) >= 11 is 0. The second-order valence-corrected chi connectivity index (χ2v) is 5.92. The largest absolute Gasteiger partial charge is 0.493 e. The minimum Gasteiger partial charge on any atom is -0.493 e. The maximum atomic E-state index is 11.5. The quantitative estimate of drug-likeness (QED) is 0.473. The average Bonchev–Trinajstić information content (AvgIpc) is 2.67. The summed E-state index contributed by atoms with van der Waals surface area (Å²) in [5.41, 5.74) is -0.451. The van der Waals surface area contributed by atoms with Crippen LogP contribution in [0.3, 0.4) is 0 Å². The van der Waals surface area contributed by atoms with Gasteiger partial charge in [-0.3, -0.25) is 0 Å². The van der Waals surface area contributed by atoms with Crippen LogP contribution in [0.15, 0.2) is 27.4 Å². The summed E-state index contributed by atoms with van der Waals surface area (Å²) in [6.07, 6.45) is -7.34. The molecule has 4 N–H and O–H groups in total. The minimum atomic E-state index is -1.62. The lowest BCUT2D eigenvalue weighted by Gasteiger charge is -2.39. The smallest absolute Gasteiger partial charge is 0.336 e. The predicted molar refractivity (Wildman–Crippen MR) is 90.0 cm³/mol. The van der Waals surface area contributed by atoms with E-state index in [0.717, 1.165) is 0 Å². The molecule has 0 bridgehead atoms. The molecule has 1 aliphatic heterocycles. The van der Waals surface area contributed by atoms with Gasteiger partial charge >= 0.3 is 5.63 Å². The summed E-state index contributed by atoms with van der Waals surface area (Å²) in [5.74, 6) is 0.356. The number of rotatable bonds is 5. The number of aliphatic hydroxyl groups is 4. The Hall–Kier alpha value is -2.37. The van der Waals surface area contributed by atoms with E-state index < -0.39 is 42.9 Å². The lowest BCUT2D eigenvalue weighted by atomic mass is 9.99. The van der Waals surface area contributed by atoms with E-state index in [1.54, 1.807) is 0 Å². The number of methoxy groups -OCH3 is 2. The van der Waals surface area contributed by atoms with Crippen LogP contribution >= 0.6 is 0 Å². The van der Waals surface area contributed by atoms with E-state index in [1.165, 1.54) is 32.4 Å². The van der Waals surface area contributed by atoms with Crippen LogP contribution in [-0.2, 0) is 4.74 Å². The van der Waals surface area contributed by atoms with Crippen molar-refractivity contribution in [2.24, 2.45) is 0 Å². The highest BCUT2D eigenvalue weighted by molar-refractivity contribution is 5.89. The Balaban J connectivity index is 2.08. The maximum absolute atomic E-state index is 11.5. The summed E-state index contributed by atoms with van der Waals surface area (Å²) in [6.45, 7) is -0.602. The molecule has 0 amide bonds. The molecule has 1 aromatic heterocycles. The normalized spacial score (nSPS) is 28.1. The molecule has 1 fully saturated rings. The maximum Gasteiger partial charge on any atom is 0.336 e. The third-order valence-electron chi connectivity index (χ3n) is 4.31. The van der Waals surface area contributed by atoms with Crippen molar-refractivity contribution in [2.45, 2.75) is 30.7 Å². The first-order chi connectivity index (χ1) is 12.9. The molecular weight excluding hydrogens is 364 g/mol. The van der Waals surface area contributed by atoms with Crippen molar-refractivity contribution in [3.63, 3.8) is 0 Å². The van der Waals surface area contributed by atoms with Crippen molar-refractivity contribution in [3.8, 4) is 17.2 Å². The van der Waals surface area contributed by atoms with Gasteiger partial charge in [-0.25, -0.2) is 4.79 Å². The second kappa shape index (κ2) is 7.71. The summed E-state index contributed by atoms with van der Waals surface area (Å²) in [7, 11) is 2.74. The Morgan fingerprint density at radius 1 is 1.04 bits per heavy atom. The highest BCUT2D eigenvalue weighted by atomic mass is 16.7. The van der Waals surface area contributed by atoms with Crippen molar-refractivity contribution < 1.29 is 43.8 Å². The molecule has 5 atom stereocenters. The number of hydrogen-bond donors (Lipinski definition) is 4. The van der Waals surface area contributed by atoms with Gasteiger partial charge in [0.2, 0.25) is 12.0 Å². The van der Waals surface area contributed by atoms with E-state index in [2.05, 4.69) is 0 Å². The van der Waals surface area contributed by atoms with Gasteiger partial charge < -0.3 is 43.8 Å². The fraction of sp³-hybridized carbons (Fsp3) is 0.471. The standard InChI is InChI=1S/C17H20O10/c1-23-9-5-8-7(3-4-11(19)25-8)15(16(9)24-2)27-17-14(22)13(21)12(20)10(6-18)26-17/h3-5,10,12-14,17-18,20-22H,6H2,1-2H3/t10-,12+,13-,14-,17+/m1/s1. The van der Waals surface area contributed by atoms with Gasteiger partial charge in [0.15, 0.2) is 11.5 Å². The van der Waals surface area contributed by atoms with Crippen LogP contribution in [0, 0.1) is 0 Å². The molecule has 0 saturated carbocycles. The Bertz CT molecular complexity index is 861. The van der Waals surface area contributed by atoms with Gasteiger partial charge in [-0.15, -0.1) is 0 Å². The fourth-order valence-electron chi connectivity index (χ4n) is 2.89. The van der Waals surface area contributed by atoms with E-state index in [4.69, 9.17) is 23.4 Å². The molecule has 1 saturated heterocycles. The molecule has 1 aliphatic rings. The second-order valence-electron chi connectivity index (χ2n) is 5.92. The molecular formula is C17H20O10. The Labute approximate surface area is 153 Å². The lowest BCUT2D eigenvalue weighted by Crippen LogP contribution is -2.60. The van der Waals surface area contributed by atoms with Crippen LogP contribution in [0.1, 0.15) is 0 Å². The molecule has 1 aromatic carbocycles. The zero-order chi connectivity index (χ0) is 19.7. The van der Waals surface area contributed by atoms with Gasteiger partial charge in [-0.1, -0.05) is 0 Å². The number of ether oxygens (including phenoxy) is 4. The molecule has 27 heavy (non-hydrogen) atoms. The Morgan fingerprint density at radius 2 is 1.78 bits per heavy atom. The first-order valence-corrected chi connectivity index (χ1v) is 8.07. The van der Waals surface area contributed by atoms with E-state index in [0.29, 0.717) is 5.39 Å². The van der Waals surface area contributed by atoms with Crippen molar-refractivity contribution in [3.05, 3.63) is 28.6 Å². The molecule has 0 radical (unpaired) electrons. The predicted octanol–water partition coefficient (Wildman–Crippen LogP) is -1.01. The highest BCUT2D eigenvalue weighted by Crippen LogP contribution is 2.44. The first kappa shape index (κ1) is 19.4. The number of hydrogen-bond acceptors (Lipinski definition) is 10. The monoisotopic (exact) mass is 384 g/mol. The molecule has 0 unspecified atom stereocenters. The zero-order valence-corrected chi connectivity index (χ0v) is 14.6. The van der Waals surface area contributed by atoms with Crippen LogP contribution in [-0.4, -0.2) is 72.0 Å². The van der Waals surface area contributed by atoms with Gasteiger partial charge in [0, 0.05) is 12.1 Å². The van der Waals surface area contributed by atoms with Crippen LogP contribution in [0.4, 0.5) is 0 Å². The third kappa shape index (κ3) is 3.45. The molecule has 0 aliphatic carbocycles. The van der Waals surface area contributed by atoms with Gasteiger partial charge in [-0.05, 0) is 6.07 Å². The minimum absolute atomic E-state index is 0.0277. The zero-order valence-electron chi connectivity index (χ0n) is 14.6. The highest BCUT2D eigenvalue weighted by Gasteiger charge is 2.45. The molecule has 2 aromatic rings. The van der Waals surface area contributed by atoms with Crippen molar-refractivity contribution in [1.29, 1.82) is 0 Å². The summed E-state index contributed by atoms with van der Waals surface area (Å²) < 4.78 is 26.7. The van der Waals surface area contributed by atoms with E-state index in [9.17, 15) is 25.2 Å². The number of benzene rings is 1. The topological polar surface area (TPSA) is 148 Å².